The summed E-state index contributed by atoms with van der Waals surface area (Å²) in [5.41, 5.74) is 3.63. The number of nitrogens with one attached hydrogen (secondary N) is 2. The number of aliphatic hydroxyl groups excluding tert-OH is 1. The Bertz CT molecular complexity index is 1370. The van der Waals surface area contributed by atoms with Gasteiger partial charge in [-0.1, -0.05) is 66.7 Å². The van der Waals surface area contributed by atoms with E-state index in [1.807, 2.05) is 60.7 Å². The Hall–Kier alpha value is -4.80. The van der Waals surface area contributed by atoms with Gasteiger partial charge in [-0.2, -0.15) is 5.26 Å². The lowest BCUT2D eigenvalue weighted by atomic mass is 10.0. The lowest BCUT2D eigenvalue weighted by Crippen LogP contribution is -2.37. The minimum absolute atomic E-state index is 0.255. The number of ether oxygens (including phenoxy) is 2. The number of aliphatic hydroxyl groups is 1. The third-order valence-corrected chi connectivity index (χ3v) is 6.05. The van der Waals surface area contributed by atoms with Crippen LogP contribution in [0.3, 0.4) is 0 Å². The smallest absolute Gasteiger partial charge is 0.247 e. The topological polar surface area (TPSA) is 104 Å². The van der Waals surface area contributed by atoms with Crippen molar-refractivity contribution in [3.8, 4) is 17.6 Å². The molecule has 1 unspecified atom stereocenters. The van der Waals surface area contributed by atoms with Gasteiger partial charge in [-0.3, -0.25) is 4.79 Å². The summed E-state index contributed by atoms with van der Waals surface area (Å²) in [4.78, 5) is 13.6. The van der Waals surface area contributed by atoms with Crippen LogP contribution in [0.15, 0.2) is 103 Å². The van der Waals surface area contributed by atoms with E-state index >= 15 is 0 Å². The summed E-state index contributed by atoms with van der Waals surface area (Å²) < 4.78 is 11.6. The Morgan fingerprint density at radius 1 is 0.895 bits per heavy atom. The SMILES string of the molecule is COc1cc(C(Nc2ccc(C#N)cc2)C(=O)N[C@@H](CO)c2ccccc2)ccc1OCc1ccccc1. The van der Waals surface area contributed by atoms with Crippen LogP contribution in [0.5, 0.6) is 11.5 Å². The minimum Gasteiger partial charge on any atom is -0.493 e. The highest BCUT2D eigenvalue weighted by Crippen LogP contribution is 2.33. The average Bonchev–Trinajstić information content (AvgIpc) is 2.98. The molecule has 0 aliphatic carbocycles. The summed E-state index contributed by atoms with van der Waals surface area (Å²) >= 11 is 0. The second kappa shape index (κ2) is 12.9. The second-order valence-corrected chi connectivity index (χ2v) is 8.61. The minimum atomic E-state index is -0.822. The van der Waals surface area contributed by atoms with Crippen molar-refractivity contribution in [2.24, 2.45) is 0 Å². The number of anilines is 1. The number of carbonyl (C=O) groups is 1. The van der Waals surface area contributed by atoms with Crippen LogP contribution in [0.1, 0.15) is 34.3 Å². The van der Waals surface area contributed by atoms with Crippen molar-refractivity contribution >= 4 is 11.6 Å². The van der Waals surface area contributed by atoms with E-state index in [4.69, 9.17) is 14.7 Å². The van der Waals surface area contributed by atoms with E-state index in [1.165, 1.54) is 0 Å². The van der Waals surface area contributed by atoms with Crippen LogP contribution >= 0.6 is 0 Å². The molecule has 38 heavy (non-hydrogen) atoms. The first-order valence-electron chi connectivity index (χ1n) is 12.2. The van der Waals surface area contributed by atoms with Crippen molar-refractivity contribution in [3.63, 3.8) is 0 Å². The fourth-order valence-corrected chi connectivity index (χ4v) is 4.00. The summed E-state index contributed by atoms with van der Waals surface area (Å²) in [6.45, 7) is 0.119. The number of amides is 1. The van der Waals surface area contributed by atoms with Gasteiger partial charge in [0.1, 0.15) is 12.6 Å². The Morgan fingerprint density at radius 3 is 2.21 bits per heavy atom. The fourth-order valence-electron chi connectivity index (χ4n) is 4.00. The molecule has 0 heterocycles. The highest BCUT2D eigenvalue weighted by Gasteiger charge is 2.25. The summed E-state index contributed by atoms with van der Waals surface area (Å²) in [6, 6.07) is 32.0. The first-order chi connectivity index (χ1) is 18.6. The summed E-state index contributed by atoms with van der Waals surface area (Å²) in [7, 11) is 1.55. The van der Waals surface area contributed by atoms with E-state index in [-0.39, 0.29) is 12.5 Å². The van der Waals surface area contributed by atoms with E-state index in [1.54, 1.807) is 49.6 Å². The predicted molar refractivity (Wildman–Crippen MR) is 146 cm³/mol. The van der Waals surface area contributed by atoms with Crippen molar-refractivity contribution < 1.29 is 19.4 Å². The van der Waals surface area contributed by atoms with E-state index in [0.717, 1.165) is 11.1 Å². The maximum Gasteiger partial charge on any atom is 0.247 e. The maximum absolute atomic E-state index is 13.6. The molecule has 7 nitrogen and oxygen atoms in total. The molecule has 0 radical (unpaired) electrons. The highest BCUT2D eigenvalue weighted by molar-refractivity contribution is 5.86. The van der Waals surface area contributed by atoms with Crippen LogP contribution in [-0.2, 0) is 11.4 Å². The molecule has 4 aromatic rings. The Morgan fingerprint density at radius 2 is 1.58 bits per heavy atom. The lowest BCUT2D eigenvalue weighted by Gasteiger charge is -2.24. The van der Waals surface area contributed by atoms with Gasteiger partial charge in [0.25, 0.3) is 0 Å². The van der Waals surface area contributed by atoms with Gasteiger partial charge in [0.15, 0.2) is 11.5 Å². The van der Waals surface area contributed by atoms with Gasteiger partial charge in [-0.25, -0.2) is 0 Å². The molecule has 192 valence electrons. The first kappa shape index (κ1) is 26.3. The third-order valence-electron chi connectivity index (χ3n) is 6.05. The van der Waals surface area contributed by atoms with Gasteiger partial charge in [0.05, 0.1) is 31.4 Å². The molecule has 2 atom stereocenters. The number of carbonyl (C=O) groups excluding carboxylic acids is 1. The van der Waals surface area contributed by atoms with Crippen molar-refractivity contribution in [2.45, 2.75) is 18.7 Å². The van der Waals surface area contributed by atoms with Gasteiger partial charge < -0.3 is 25.2 Å². The van der Waals surface area contributed by atoms with E-state index in [2.05, 4.69) is 16.7 Å². The summed E-state index contributed by atoms with van der Waals surface area (Å²) in [6.07, 6.45) is 0. The van der Waals surface area contributed by atoms with Crippen LogP contribution in [0.2, 0.25) is 0 Å². The number of nitrogens with zero attached hydrogens (tertiary/aromatic N) is 1. The first-order valence-corrected chi connectivity index (χ1v) is 12.2. The monoisotopic (exact) mass is 507 g/mol. The van der Waals surface area contributed by atoms with Crippen LogP contribution in [0.25, 0.3) is 0 Å². The largest absolute Gasteiger partial charge is 0.493 e. The van der Waals surface area contributed by atoms with Crippen LogP contribution in [-0.4, -0.2) is 24.7 Å². The molecular formula is C31H29N3O4. The van der Waals surface area contributed by atoms with Crippen LogP contribution < -0.4 is 20.1 Å². The van der Waals surface area contributed by atoms with Crippen LogP contribution in [0, 0.1) is 11.3 Å². The number of rotatable bonds is 11. The highest BCUT2D eigenvalue weighted by atomic mass is 16.5. The van der Waals surface area contributed by atoms with Crippen molar-refractivity contribution in [1.29, 1.82) is 5.26 Å². The molecule has 4 aromatic carbocycles. The Kier molecular flexibility index (Phi) is 8.95. The third kappa shape index (κ3) is 6.69. The molecule has 0 saturated heterocycles. The zero-order valence-corrected chi connectivity index (χ0v) is 21.0. The number of nitriles is 1. The zero-order valence-electron chi connectivity index (χ0n) is 21.0. The Labute approximate surface area is 222 Å². The number of hydrogen-bond donors (Lipinski definition) is 3. The normalized spacial score (nSPS) is 12.0. The fraction of sp³-hybridized carbons (Fsp3) is 0.161. The molecule has 3 N–H and O–H groups in total. The molecule has 0 aliphatic rings. The number of benzene rings is 4. The molecule has 1 amide bonds. The summed E-state index contributed by atoms with van der Waals surface area (Å²) in [5.74, 6) is 0.701. The Balaban J connectivity index is 1.61. The predicted octanol–water partition coefficient (Wildman–Crippen LogP) is 5.15. The van der Waals surface area contributed by atoms with Crippen LogP contribution in [0.4, 0.5) is 5.69 Å². The molecule has 0 bridgehead atoms. The van der Waals surface area contributed by atoms with Gasteiger partial charge in [-0.05, 0) is 53.1 Å². The molecule has 0 aromatic heterocycles. The molecule has 0 saturated carbocycles. The lowest BCUT2D eigenvalue weighted by molar-refractivity contribution is -0.123. The number of hydrogen-bond acceptors (Lipinski definition) is 6. The second-order valence-electron chi connectivity index (χ2n) is 8.61. The molecular weight excluding hydrogens is 478 g/mol. The van der Waals surface area contributed by atoms with Gasteiger partial charge in [0.2, 0.25) is 5.91 Å². The van der Waals surface area contributed by atoms with Gasteiger partial charge >= 0.3 is 0 Å². The molecule has 0 spiro atoms. The zero-order chi connectivity index (χ0) is 26.7. The molecule has 7 heteroatoms. The van der Waals surface area contributed by atoms with Gasteiger partial charge in [0, 0.05) is 5.69 Å². The molecule has 4 rings (SSSR count). The summed E-state index contributed by atoms with van der Waals surface area (Å²) in [5, 5.41) is 25.3. The molecule has 0 aliphatic heterocycles. The van der Waals surface area contributed by atoms with E-state index in [0.29, 0.717) is 34.9 Å². The maximum atomic E-state index is 13.6. The number of methoxy groups -OCH3 is 1. The van der Waals surface area contributed by atoms with Crippen molar-refractivity contribution in [2.75, 3.05) is 19.0 Å². The van der Waals surface area contributed by atoms with Gasteiger partial charge in [-0.15, -0.1) is 0 Å². The van der Waals surface area contributed by atoms with E-state index < -0.39 is 12.1 Å². The molecule has 0 fully saturated rings. The van der Waals surface area contributed by atoms with Crippen molar-refractivity contribution in [3.05, 3.63) is 125 Å². The average molecular weight is 508 g/mol. The standard InChI is InChI=1S/C31H29N3O4/c1-37-29-18-25(14-17-28(29)38-21-23-8-4-2-5-9-23)30(33-26-15-12-22(19-32)13-16-26)31(36)34-27(20-35)24-10-6-3-7-11-24/h2-18,27,30,33,35H,20-21H2,1H3,(H,34,36)/t27-,30?/m0/s1. The quantitative estimate of drug-likeness (QED) is 0.259. The van der Waals surface area contributed by atoms with E-state index in [9.17, 15) is 9.90 Å². The van der Waals surface area contributed by atoms with Crippen molar-refractivity contribution in [1.82, 2.24) is 5.32 Å².